The molecular weight excluding hydrogens is 228 g/mol. The van der Waals surface area contributed by atoms with Gasteiger partial charge in [-0.25, -0.2) is 0 Å². The van der Waals surface area contributed by atoms with Gasteiger partial charge in [0.05, 0.1) is 0 Å². The second kappa shape index (κ2) is 8.84. The number of hydrogen-bond donors (Lipinski definition) is 1. The van der Waals surface area contributed by atoms with Crippen LogP contribution in [0.4, 0.5) is 0 Å². The highest BCUT2D eigenvalue weighted by Gasteiger charge is 1.94. The maximum atomic E-state index is 11.4. The minimum absolute atomic E-state index is 0.109. The lowest BCUT2D eigenvalue weighted by molar-refractivity contribution is -0.116. The summed E-state index contributed by atoms with van der Waals surface area (Å²) in [6, 6.07) is 9.65. The van der Waals surface area contributed by atoms with Crippen molar-refractivity contribution >= 4 is 12.0 Å². The molecular formula is C13H16N4O. The zero-order valence-electron chi connectivity index (χ0n) is 10.1. The highest BCUT2D eigenvalue weighted by atomic mass is 16.1. The third-order valence-corrected chi connectivity index (χ3v) is 2.27. The lowest BCUT2D eigenvalue weighted by Gasteiger charge is -2.00. The predicted octanol–water partition coefficient (Wildman–Crippen LogP) is 2.91. The summed E-state index contributed by atoms with van der Waals surface area (Å²) in [4.78, 5) is 14.1. The van der Waals surface area contributed by atoms with Crippen LogP contribution in [0.3, 0.4) is 0 Å². The van der Waals surface area contributed by atoms with E-state index < -0.39 is 0 Å². The van der Waals surface area contributed by atoms with Gasteiger partial charge < -0.3 is 5.32 Å². The van der Waals surface area contributed by atoms with Gasteiger partial charge in [-0.2, -0.15) is 0 Å². The van der Waals surface area contributed by atoms with Crippen molar-refractivity contribution < 1.29 is 4.79 Å². The van der Waals surface area contributed by atoms with Crippen LogP contribution in [-0.4, -0.2) is 19.0 Å². The molecule has 1 amide bonds. The lowest BCUT2D eigenvalue weighted by Crippen LogP contribution is -2.22. The first-order valence-corrected chi connectivity index (χ1v) is 5.85. The number of nitrogens with one attached hydrogen (secondary N) is 1. The lowest BCUT2D eigenvalue weighted by atomic mass is 10.2. The first-order chi connectivity index (χ1) is 8.83. The van der Waals surface area contributed by atoms with Crippen LogP contribution in [0.25, 0.3) is 16.5 Å². The molecule has 0 aliphatic rings. The molecule has 0 spiro atoms. The Morgan fingerprint density at radius 2 is 2.11 bits per heavy atom. The Hall–Kier alpha value is -2.26. The zero-order valence-corrected chi connectivity index (χ0v) is 10.1. The fourth-order valence-electron chi connectivity index (χ4n) is 1.36. The molecule has 0 saturated carbocycles. The second-order valence-electron chi connectivity index (χ2n) is 3.70. The van der Waals surface area contributed by atoms with Gasteiger partial charge in [-0.3, -0.25) is 4.79 Å². The molecule has 1 N–H and O–H groups in total. The molecule has 1 rings (SSSR count). The summed E-state index contributed by atoms with van der Waals surface area (Å²) < 4.78 is 0. The summed E-state index contributed by atoms with van der Waals surface area (Å²) in [7, 11) is 0. The number of unbranched alkanes of at least 4 members (excludes halogenated alkanes) is 1. The number of hydrogen-bond acceptors (Lipinski definition) is 2. The largest absolute Gasteiger partial charge is 0.353 e. The fourth-order valence-corrected chi connectivity index (χ4v) is 1.36. The topological polar surface area (TPSA) is 77.9 Å². The van der Waals surface area contributed by atoms with Gasteiger partial charge >= 0.3 is 0 Å². The van der Waals surface area contributed by atoms with E-state index >= 15 is 0 Å². The van der Waals surface area contributed by atoms with Gasteiger partial charge in [0, 0.05) is 24.1 Å². The number of amides is 1. The molecule has 18 heavy (non-hydrogen) atoms. The van der Waals surface area contributed by atoms with E-state index in [9.17, 15) is 4.79 Å². The molecule has 0 radical (unpaired) electrons. The molecule has 94 valence electrons. The molecule has 0 atom stereocenters. The van der Waals surface area contributed by atoms with Crippen molar-refractivity contribution in [2.24, 2.45) is 5.11 Å². The van der Waals surface area contributed by atoms with Gasteiger partial charge in [0.2, 0.25) is 5.91 Å². The number of azide groups is 1. The molecule has 0 saturated heterocycles. The molecule has 0 aliphatic carbocycles. The highest BCUT2D eigenvalue weighted by Crippen LogP contribution is 2.00. The average molecular weight is 244 g/mol. The van der Waals surface area contributed by atoms with E-state index in [2.05, 4.69) is 15.3 Å². The average Bonchev–Trinajstić information content (AvgIpc) is 2.41. The minimum Gasteiger partial charge on any atom is -0.353 e. The van der Waals surface area contributed by atoms with Gasteiger partial charge in [-0.1, -0.05) is 35.4 Å². The molecule has 5 heteroatoms. The van der Waals surface area contributed by atoms with Crippen molar-refractivity contribution in [3.63, 3.8) is 0 Å². The number of nitrogens with zero attached hydrogens (tertiary/aromatic N) is 3. The first kappa shape index (κ1) is 13.8. The van der Waals surface area contributed by atoms with Crippen LogP contribution >= 0.6 is 0 Å². The molecule has 0 aromatic heterocycles. The van der Waals surface area contributed by atoms with Crippen molar-refractivity contribution in [2.75, 3.05) is 13.1 Å². The summed E-state index contributed by atoms with van der Waals surface area (Å²) in [5, 5.41) is 6.19. The van der Waals surface area contributed by atoms with Crippen LogP contribution in [-0.2, 0) is 4.79 Å². The van der Waals surface area contributed by atoms with Crippen LogP contribution in [0.5, 0.6) is 0 Å². The number of carbonyl (C=O) groups is 1. The summed E-state index contributed by atoms with van der Waals surface area (Å²) >= 11 is 0. The van der Waals surface area contributed by atoms with Gasteiger partial charge in [0.1, 0.15) is 0 Å². The van der Waals surface area contributed by atoms with Crippen LogP contribution < -0.4 is 5.32 Å². The third-order valence-electron chi connectivity index (χ3n) is 2.27. The van der Waals surface area contributed by atoms with Crippen molar-refractivity contribution in [3.8, 4) is 0 Å². The molecule has 1 aromatic carbocycles. The number of rotatable bonds is 7. The Bertz CT molecular complexity index is 436. The van der Waals surface area contributed by atoms with Gasteiger partial charge in [-0.15, -0.1) is 0 Å². The van der Waals surface area contributed by atoms with Crippen molar-refractivity contribution in [1.82, 2.24) is 5.32 Å². The fraction of sp³-hybridized carbons (Fsp3) is 0.308. The van der Waals surface area contributed by atoms with Crippen LogP contribution in [0.2, 0.25) is 0 Å². The summed E-state index contributed by atoms with van der Waals surface area (Å²) in [5.74, 6) is -0.109. The monoisotopic (exact) mass is 244 g/mol. The van der Waals surface area contributed by atoms with Crippen molar-refractivity contribution in [3.05, 3.63) is 52.4 Å². The molecule has 1 aromatic rings. The standard InChI is InChI=1S/C13H16N4O/c14-17-16-11-5-4-10-15-13(18)9-8-12-6-2-1-3-7-12/h1-3,6-9H,4-5,10-11H2,(H,15,18)/b9-8+. The SMILES string of the molecule is [N-]=[N+]=NCCCCNC(=O)/C=C/c1ccccc1. The van der Waals surface area contributed by atoms with E-state index in [4.69, 9.17) is 5.53 Å². The van der Waals surface area contributed by atoms with E-state index in [1.165, 1.54) is 6.08 Å². The minimum atomic E-state index is -0.109. The van der Waals surface area contributed by atoms with Crippen molar-refractivity contribution in [2.45, 2.75) is 12.8 Å². The van der Waals surface area contributed by atoms with Crippen LogP contribution in [0, 0.1) is 0 Å². The van der Waals surface area contributed by atoms with E-state index in [1.54, 1.807) is 6.08 Å². The van der Waals surface area contributed by atoms with Crippen LogP contribution in [0.1, 0.15) is 18.4 Å². The Morgan fingerprint density at radius 3 is 2.83 bits per heavy atom. The third kappa shape index (κ3) is 6.35. The zero-order chi connectivity index (χ0) is 13.1. The van der Waals surface area contributed by atoms with Crippen LogP contribution in [0.15, 0.2) is 41.5 Å². The van der Waals surface area contributed by atoms with Crippen molar-refractivity contribution in [1.29, 1.82) is 0 Å². The Labute approximate surface area is 106 Å². The van der Waals surface area contributed by atoms with E-state index in [0.717, 1.165) is 18.4 Å². The van der Waals surface area contributed by atoms with E-state index in [0.29, 0.717) is 13.1 Å². The predicted molar refractivity (Wildman–Crippen MR) is 71.7 cm³/mol. The van der Waals surface area contributed by atoms with Gasteiger partial charge in [-0.05, 0) is 30.0 Å². The molecule has 0 fully saturated rings. The highest BCUT2D eigenvalue weighted by molar-refractivity contribution is 5.91. The molecule has 5 nitrogen and oxygen atoms in total. The number of carbonyl (C=O) groups excluding carboxylic acids is 1. The summed E-state index contributed by atoms with van der Waals surface area (Å²) in [6.45, 7) is 1.07. The second-order valence-corrected chi connectivity index (χ2v) is 3.70. The maximum Gasteiger partial charge on any atom is 0.243 e. The molecule has 0 unspecified atom stereocenters. The Balaban J connectivity index is 2.18. The van der Waals surface area contributed by atoms with Gasteiger partial charge in [0.25, 0.3) is 0 Å². The Morgan fingerprint density at radius 1 is 1.33 bits per heavy atom. The first-order valence-electron chi connectivity index (χ1n) is 5.85. The molecule has 0 bridgehead atoms. The van der Waals surface area contributed by atoms with E-state index in [-0.39, 0.29) is 5.91 Å². The quantitative estimate of drug-likeness (QED) is 0.258. The summed E-state index contributed by atoms with van der Waals surface area (Å²) in [5.41, 5.74) is 9.06. The van der Waals surface area contributed by atoms with E-state index in [1.807, 2.05) is 30.3 Å². The smallest absolute Gasteiger partial charge is 0.243 e. The molecule has 0 aliphatic heterocycles. The van der Waals surface area contributed by atoms with Gasteiger partial charge in [0.15, 0.2) is 0 Å². The number of benzene rings is 1. The Kier molecular flexibility index (Phi) is 6.78. The maximum absolute atomic E-state index is 11.4. The summed E-state index contributed by atoms with van der Waals surface area (Å²) in [6.07, 6.45) is 4.88. The molecule has 0 heterocycles. The normalized spacial score (nSPS) is 10.0.